The van der Waals surface area contributed by atoms with Gasteiger partial charge in [0.2, 0.25) is 5.75 Å². The topological polar surface area (TPSA) is 36.6 Å². The Morgan fingerprint density at radius 1 is 0.923 bits per heavy atom. The molecule has 0 spiro atoms. The largest absolute Gasteiger partial charge is 0.493 e. The number of ether oxygens (including phenoxy) is 3. The van der Waals surface area contributed by atoms with E-state index in [9.17, 15) is 0 Å². The molecule has 0 aromatic heterocycles. The molecule has 1 aliphatic carbocycles. The van der Waals surface area contributed by atoms with Crippen LogP contribution in [0.25, 0.3) is 0 Å². The monoisotopic (exact) mass is 364 g/mol. The maximum Gasteiger partial charge on any atom is 0.203 e. The molecular formula is C21H36N2O3+2. The highest BCUT2D eigenvalue weighted by molar-refractivity contribution is 5.53. The molecule has 146 valence electrons. The van der Waals surface area contributed by atoms with Crippen molar-refractivity contribution in [1.82, 2.24) is 0 Å². The molecule has 0 unspecified atom stereocenters. The Labute approximate surface area is 158 Å². The summed E-state index contributed by atoms with van der Waals surface area (Å²) in [5, 5.41) is 0. The van der Waals surface area contributed by atoms with Crippen molar-refractivity contribution in [2.24, 2.45) is 5.92 Å². The standard InChI is InChI=1S/C21H34N2O3/c1-16-6-5-7-18(12-16)23-10-8-22(9-11-23)15-17-13-19(24-2)21(26-4)20(14-17)25-3/h13-14,16,18H,5-12,15H2,1-4H3/p+2/t16-,18+/m0/s1. The van der Waals surface area contributed by atoms with Crippen LogP contribution in [-0.4, -0.2) is 53.6 Å². The Balaban J connectivity index is 1.59. The zero-order chi connectivity index (χ0) is 18.5. The molecule has 1 aromatic carbocycles. The third kappa shape index (κ3) is 4.44. The fourth-order valence-corrected chi connectivity index (χ4v) is 4.84. The highest BCUT2D eigenvalue weighted by Gasteiger charge is 2.32. The third-order valence-electron chi connectivity index (χ3n) is 6.29. The number of methoxy groups -OCH3 is 3. The summed E-state index contributed by atoms with van der Waals surface area (Å²) in [6.45, 7) is 8.55. The fourth-order valence-electron chi connectivity index (χ4n) is 4.84. The van der Waals surface area contributed by atoms with Crippen molar-refractivity contribution in [1.29, 1.82) is 0 Å². The molecule has 1 saturated carbocycles. The van der Waals surface area contributed by atoms with Gasteiger partial charge in [-0.05, 0) is 30.9 Å². The van der Waals surface area contributed by atoms with E-state index in [0.29, 0.717) is 5.75 Å². The van der Waals surface area contributed by atoms with Gasteiger partial charge < -0.3 is 24.0 Å². The van der Waals surface area contributed by atoms with Gasteiger partial charge in [-0.3, -0.25) is 0 Å². The smallest absolute Gasteiger partial charge is 0.203 e. The summed E-state index contributed by atoms with van der Waals surface area (Å²) >= 11 is 0. The normalized spacial score (nSPS) is 29.2. The van der Waals surface area contributed by atoms with Crippen LogP contribution in [0.4, 0.5) is 0 Å². The molecule has 2 atom stereocenters. The van der Waals surface area contributed by atoms with Crippen LogP contribution in [0.1, 0.15) is 38.2 Å². The van der Waals surface area contributed by atoms with Gasteiger partial charge in [0.15, 0.2) is 11.5 Å². The molecule has 1 aromatic rings. The Kier molecular flexibility index (Phi) is 6.65. The van der Waals surface area contributed by atoms with Gasteiger partial charge in [0.25, 0.3) is 0 Å². The molecule has 1 heterocycles. The van der Waals surface area contributed by atoms with Gasteiger partial charge in [0.05, 0.1) is 27.4 Å². The zero-order valence-electron chi connectivity index (χ0n) is 16.9. The summed E-state index contributed by atoms with van der Waals surface area (Å²) in [6, 6.07) is 5.09. The predicted octanol–water partition coefficient (Wildman–Crippen LogP) is 0.575. The Bertz CT molecular complexity index is 560. The first-order valence-corrected chi connectivity index (χ1v) is 10.1. The van der Waals surface area contributed by atoms with E-state index in [2.05, 4.69) is 19.1 Å². The molecular weight excluding hydrogens is 328 g/mol. The first-order valence-electron chi connectivity index (χ1n) is 10.1. The van der Waals surface area contributed by atoms with Crippen molar-refractivity contribution in [3.8, 4) is 17.2 Å². The van der Waals surface area contributed by atoms with Crippen LogP contribution in [0.2, 0.25) is 0 Å². The number of quaternary nitrogens is 2. The van der Waals surface area contributed by atoms with Crippen molar-refractivity contribution in [2.45, 2.75) is 45.2 Å². The molecule has 0 amide bonds. The minimum atomic E-state index is 0.675. The molecule has 0 radical (unpaired) electrons. The van der Waals surface area contributed by atoms with E-state index >= 15 is 0 Å². The van der Waals surface area contributed by atoms with Crippen LogP contribution in [0.15, 0.2) is 12.1 Å². The first-order chi connectivity index (χ1) is 12.6. The predicted molar refractivity (Wildman–Crippen MR) is 103 cm³/mol. The molecule has 2 aliphatic rings. The Hall–Kier alpha value is -1.46. The minimum absolute atomic E-state index is 0.675. The van der Waals surface area contributed by atoms with Gasteiger partial charge in [-0.25, -0.2) is 0 Å². The van der Waals surface area contributed by atoms with E-state index in [1.165, 1.54) is 57.4 Å². The van der Waals surface area contributed by atoms with Crippen molar-refractivity contribution in [3.05, 3.63) is 17.7 Å². The van der Waals surface area contributed by atoms with Crippen molar-refractivity contribution < 1.29 is 24.0 Å². The van der Waals surface area contributed by atoms with Gasteiger partial charge in [-0.2, -0.15) is 0 Å². The van der Waals surface area contributed by atoms with Gasteiger partial charge in [-0.1, -0.05) is 13.3 Å². The summed E-state index contributed by atoms with van der Waals surface area (Å²) < 4.78 is 16.4. The lowest BCUT2D eigenvalue weighted by atomic mass is 9.86. The SMILES string of the molecule is COc1cc(C[NH+]2CC[NH+]([C@@H]3CCC[C@H](C)C3)CC2)cc(OC)c1OC. The molecule has 2 N–H and O–H groups in total. The second-order valence-corrected chi connectivity index (χ2v) is 8.09. The summed E-state index contributed by atoms with van der Waals surface area (Å²) in [7, 11) is 5.02. The van der Waals surface area contributed by atoms with Crippen LogP contribution in [0, 0.1) is 5.92 Å². The highest BCUT2D eigenvalue weighted by atomic mass is 16.5. The average molecular weight is 365 g/mol. The second-order valence-electron chi connectivity index (χ2n) is 8.09. The molecule has 0 bridgehead atoms. The number of piperazine rings is 1. The lowest BCUT2D eigenvalue weighted by molar-refractivity contribution is -1.03. The molecule has 3 rings (SSSR count). The van der Waals surface area contributed by atoms with Gasteiger partial charge >= 0.3 is 0 Å². The van der Waals surface area contributed by atoms with E-state index in [1.54, 1.807) is 26.2 Å². The number of nitrogens with one attached hydrogen (secondary N) is 2. The number of hydrogen-bond donors (Lipinski definition) is 2. The molecule has 1 aliphatic heterocycles. The van der Waals surface area contributed by atoms with E-state index in [0.717, 1.165) is 30.0 Å². The van der Waals surface area contributed by atoms with E-state index < -0.39 is 0 Å². The molecule has 5 heteroatoms. The van der Waals surface area contributed by atoms with Crippen LogP contribution in [0.5, 0.6) is 17.2 Å². The fraction of sp³-hybridized carbons (Fsp3) is 0.714. The van der Waals surface area contributed by atoms with Crippen molar-refractivity contribution in [3.63, 3.8) is 0 Å². The molecule has 26 heavy (non-hydrogen) atoms. The van der Waals surface area contributed by atoms with Crippen LogP contribution in [0.3, 0.4) is 0 Å². The Morgan fingerprint density at radius 3 is 2.12 bits per heavy atom. The van der Waals surface area contributed by atoms with E-state index in [1.807, 2.05) is 4.90 Å². The zero-order valence-corrected chi connectivity index (χ0v) is 16.9. The number of hydrogen-bond acceptors (Lipinski definition) is 3. The lowest BCUT2D eigenvalue weighted by Crippen LogP contribution is -3.29. The van der Waals surface area contributed by atoms with Crippen LogP contribution in [-0.2, 0) is 6.54 Å². The Morgan fingerprint density at radius 2 is 1.58 bits per heavy atom. The number of rotatable bonds is 6. The minimum Gasteiger partial charge on any atom is -0.493 e. The highest BCUT2D eigenvalue weighted by Crippen LogP contribution is 2.37. The lowest BCUT2D eigenvalue weighted by Gasteiger charge is -2.37. The quantitative estimate of drug-likeness (QED) is 0.775. The molecule has 5 nitrogen and oxygen atoms in total. The molecule has 1 saturated heterocycles. The molecule has 2 fully saturated rings. The van der Waals surface area contributed by atoms with Crippen molar-refractivity contribution in [2.75, 3.05) is 47.5 Å². The second kappa shape index (κ2) is 8.96. The maximum atomic E-state index is 5.50. The summed E-state index contributed by atoms with van der Waals surface area (Å²) in [6.07, 6.45) is 5.72. The van der Waals surface area contributed by atoms with Gasteiger partial charge in [-0.15, -0.1) is 0 Å². The van der Waals surface area contributed by atoms with E-state index in [-0.39, 0.29) is 0 Å². The summed E-state index contributed by atoms with van der Waals surface area (Å²) in [5.41, 5.74) is 1.25. The van der Waals surface area contributed by atoms with E-state index in [4.69, 9.17) is 14.2 Å². The van der Waals surface area contributed by atoms with Gasteiger partial charge in [0, 0.05) is 12.0 Å². The summed E-state index contributed by atoms with van der Waals surface area (Å²) in [4.78, 5) is 3.51. The number of benzene rings is 1. The third-order valence-corrected chi connectivity index (χ3v) is 6.29. The summed E-state index contributed by atoms with van der Waals surface area (Å²) in [5.74, 6) is 3.10. The van der Waals surface area contributed by atoms with Gasteiger partial charge in [0.1, 0.15) is 32.7 Å². The maximum absolute atomic E-state index is 5.50. The van der Waals surface area contributed by atoms with Crippen LogP contribution < -0.4 is 24.0 Å². The van der Waals surface area contributed by atoms with Crippen LogP contribution >= 0.6 is 0 Å². The first kappa shape index (κ1) is 19.3. The van der Waals surface area contributed by atoms with Crippen molar-refractivity contribution >= 4 is 0 Å². The average Bonchev–Trinajstić information content (AvgIpc) is 2.67.